The molecule has 1 saturated carbocycles. The number of aliphatic hydroxyl groups is 2. The summed E-state index contributed by atoms with van der Waals surface area (Å²) in [6.45, 7) is 0.806. The minimum atomic E-state index is -0.990. The van der Waals surface area contributed by atoms with E-state index < -0.39 is 11.7 Å². The number of aliphatic hydroxyl groups excluding tert-OH is 1. The SMILES string of the molecule is COc1cccc([C@@]2(O)C[C@@H](O)CCC2CN(C)C)c1. The zero-order valence-corrected chi connectivity index (χ0v) is 12.5. The lowest BCUT2D eigenvalue weighted by Gasteiger charge is -2.43. The fraction of sp³-hybridized carbons (Fsp3) is 0.625. The van der Waals surface area contributed by atoms with Crippen molar-refractivity contribution < 1.29 is 14.9 Å². The van der Waals surface area contributed by atoms with Gasteiger partial charge >= 0.3 is 0 Å². The van der Waals surface area contributed by atoms with E-state index in [1.807, 2.05) is 38.4 Å². The number of rotatable bonds is 4. The van der Waals surface area contributed by atoms with Gasteiger partial charge in [0.2, 0.25) is 0 Å². The molecule has 1 unspecified atom stereocenters. The molecule has 0 amide bonds. The maximum atomic E-state index is 11.2. The molecule has 1 aliphatic rings. The number of ether oxygens (including phenoxy) is 1. The summed E-state index contributed by atoms with van der Waals surface area (Å²) in [6, 6.07) is 7.55. The van der Waals surface area contributed by atoms with Crippen molar-refractivity contribution in [1.82, 2.24) is 4.90 Å². The summed E-state index contributed by atoms with van der Waals surface area (Å²) in [6.07, 6.45) is 1.53. The maximum Gasteiger partial charge on any atom is 0.119 e. The summed E-state index contributed by atoms with van der Waals surface area (Å²) in [5, 5.41) is 21.2. The lowest BCUT2D eigenvalue weighted by atomic mass is 9.70. The number of methoxy groups -OCH3 is 1. The lowest BCUT2D eigenvalue weighted by Crippen LogP contribution is -2.46. The quantitative estimate of drug-likeness (QED) is 0.879. The largest absolute Gasteiger partial charge is 0.497 e. The van der Waals surface area contributed by atoms with Crippen LogP contribution in [0.4, 0.5) is 0 Å². The Morgan fingerprint density at radius 3 is 2.75 bits per heavy atom. The first-order chi connectivity index (χ1) is 9.45. The Kier molecular flexibility index (Phi) is 4.68. The highest BCUT2D eigenvalue weighted by atomic mass is 16.5. The van der Waals surface area contributed by atoms with Gasteiger partial charge in [0.1, 0.15) is 5.75 Å². The maximum absolute atomic E-state index is 11.2. The zero-order chi connectivity index (χ0) is 14.8. The number of hydrogen-bond acceptors (Lipinski definition) is 4. The van der Waals surface area contributed by atoms with Crippen molar-refractivity contribution in [2.45, 2.75) is 31.0 Å². The highest BCUT2D eigenvalue weighted by molar-refractivity contribution is 5.33. The van der Waals surface area contributed by atoms with E-state index in [-0.39, 0.29) is 5.92 Å². The molecule has 4 nitrogen and oxygen atoms in total. The van der Waals surface area contributed by atoms with Crippen LogP contribution >= 0.6 is 0 Å². The standard InChI is InChI=1S/C16H25NO3/c1-17(2)11-13-7-8-14(18)10-16(13,19)12-5-4-6-15(9-12)20-3/h4-6,9,13-14,18-19H,7-8,10-11H2,1-3H3/t13?,14-,16-/m0/s1. The topological polar surface area (TPSA) is 52.9 Å². The van der Waals surface area contributed by atoms with Crippen LogP contribution in [-0.2, 0) is 5.60 Å². The fourth-order valence-corrected chi connectivity index (χ4v) is 3.19. The molecule has 0 aromatic heterocycles. The van der Waals surface area contributed by atoms with Crippen molar-refractivity contribution in [3.63, 3.8) is 0 Å². The molecule has 1 aliphatic carbocycles. The number of hydrogen-bond donors (Lipinski definition) is 2. The van der Waals surface area contributed by atoms with E-state index >= 15 is 0 Å². The van der Waals surface area contributed by atoms with Gasteiger partial charge in [-0.15, -0.1) is 0 Å². The van der Waals surface area contributed by atoms with Crippen LogP contribution in [0.3, 0.4) is 0 Å². The Hall–Kier alpha value is -1.10. The zero-order valence-electron chi connectivity index (χ0n) is 12.5. The molecule has 4 heteroatoms. The van der Waals surface area contributed by atoms with Crippen LogP contribution < -0.4 is 4.74 Å². The summed E-state index contributed by atoms with van der Waals surface area (Å²) >= 11 is 0. The van der Waals surface area contributed by atoms with Crippen LogP contribution in [0.25, 0.3) is 0 Å². The lowest BCUT2D eigenvalue weighted by molar-refractivity contribution is -0.0992. The third-order valence-corrected chi connectivity index (χ3v) is 4.23. The summed E-state index contributed by atoms with van der Waals surface area (Å²) in [7, 11) is 5.64. The van der Waals surface area contributed by atoms with Gasteiger partial charge in [0.05, 0.1) is 18.8 Å². The third-order valence-electron chi connectivity index (χ3n) is 4.23. The Balaban J connectivity index is 2.34. The molecule has 0 saturated heterocycles. The van der Waals surface area contributed by atoms with Gasteiger partial charge in [-0.3, -0.25) is 0 Å². The van der Waals surface area contributed by atoms with E-state index in [2.05, 4.69) is 4.90 Å². The molecular formula is C16H25NO3. The van der Waals surface area contributed by atoms with Crippen molar-refractivity contribution in [3.8, 4) is 5.75 Å². The predicted octanol–water partition coefficient (Wildman–Crippen LogP) is 1.61. The summed E-state index contributed by atoms with van der Waals surface area (Å²) in [5.74, 6) is 0.854. The molecule has 20 heavy (non-hydrogen) atoms. The van der Waals surface area contributed by atoms with E-state index in [0.717, 1.165) is 30.7 Å². The third kappa shape index (κ3) is 3.14. The molecule has 0 bridgehead atoms. The molecule has 2 rings (SSSR count). The highest BCUT2D eigenvalue weighted by Crippen LogP contribution is 2.42. The van der Waals surface area contributed by atoms with Gasteiger partial charge in [-0.1, -0.05) is 12.1 Å². The Labute approximate surface area is 121 Å². The second-order valence-electron chi connectivity index (χ2n) is 6.05. The first kappa shape index (κ1) is 15.3. The van der Waals surface area contributed by atoms with Gasteiger partial charge < -0.3 is 19.8 Å². The van der Waals surface area contributed by atoms with Crippen molar-refractivity contribution in [2.75, 3.05) is 27.7 Å². The Morgan fingerprint density at radius 2 is 2.10 bits per heavy atom. The second-order valence-corrected chi connectivity index (χ2v) is 6.05. The normalized spacial score (nSPS) is 30.5. The summed E-state index contributed by atoms with van der Waals surface area (Å²) < 4.78 is 5.25. The van der Waals surface area contributed by atoms with Gasteiger partial charge in [-0.05, 0) is 44.6 Å². The second kappa shape index (κ2) is 6.12. The fourth-order valence-electron chi connectivity index (χ4n) is 3.19. The molecule has 1 fully saturated rings. The highest BCUT2D eigenvalue weighted by Gasteiger charge is 2.43. The predicted molar refractivity (Wildman–Crippen MR) is 78.8 cm³/mol. The molecule has 1 aromatic rings. The van der Waals surface area contributed by atoms with Gasteiger partial charge in [-0.25, -0.2) is 0 Å². The van der Waals surface area contributed by atoms with E-state index in [0.29, 0.717) is 6.42 Å². The minimum Gasteiger partial charge on any atom is -0.497 e. The van der Waals surface area contributed by atoms with Gasteiger partial charge in [0, 0.05) is 18.9 Å². The van der Waals surface area contributed by atoms with Crippen molar-refractivity contribution in [2.24, 2.45) is 5.92 Å². The van der Waals surface area contributed by atoms with Crippen LogP contribution in [-0.4, -0.2) is 49.0 Å². The monoisotopic (exact) mass is 279 g/mol. The van der Waals surface area contributed by atoms with Crippen LogP contribution in [0.5, 0.6) is 5.75 Å². The van der Waals surface area contributed by atoms with Crippen LogP contribution in [0.2, 0.25) is 0 Å². The number of nitrogens with zero attached hydrogens (tertiary/aromatic N) is 1. The smallest absolute Gasteiger partial charge is 0.119 e. The molecular weight excluding hydrogens is 254 g/mol. The molecule has 0 heterocycles. The summed E-state index contributed by atoms with van der Waals surface area (Å²) in [4.78, 5) is 2.09. The first-order valence-corrected chi connectivity index (χ1v) is 7.15. The van der Waals surface area contributed by atoms with Crippen LogP contribution in [0.15, 0.2) is 24.3 Å². The first-order valence-electron chi connectivity index (χ1n) is 7.15. The molecule has 2 N–H and O–H groups in total. The van der Waals surface area contributed by atoms with Crippen LogP contribution in [0, 0.1) is 5.92 Å². The molecule has 1 aromatic carbocycles. The molecule has 3 atom stereocenters. The summed E-state index contributed by atoms with van der Waals surface area (Å²) in [5.41, 5.74) is -0.154. The van der Waals surface area contributed by atoms with Gasteiger partial charge in [0.25, 0.3) is 0 Å². The van der Waals surface area contributed by atoms with E-state index in [4.69, 9.17) is 4.74 Å². The molecule has 0 aliphatic heterocycles. The van der Waals surface area contributed by atoms with Gasteiger partial charge in [0.15, 0.2) is 0 Å². The van der Waals surface area contributed by atoms with Crippen molar-refractivity contribution >= 4 is 0 Å². The van der Waals surface area contributed by atoms with Crippen molar-refractivity contribution in [3.05, 3.63) is 29.8 Å². The van der Waals surface area contributed by atoms with E-state index in [1.54, 1.807) is 7.11 Å². The van der Waals surface area contributed by atoms with E-state index in [9.17, 15) is 10.2 Å². The number of benzene rings is 1. The minimum absolute atomic E-state index is 0.119. The van der Waals surface area contributed by atoms with Crippen molar-refractivity contribution in [1.29, 1.82) is 0 Å². The molecule has 0 radical (unpaired) electrons. The Bertz CT molecular complexity index is 449. The van der Waals surface area contributed by atoms with Gasteiger partial charge in [-0.2, -0.15) is 0 Å². The molecule has 0 spiro atoms. The average Bonchev–Trinajstić information content (AvgIpc) is 2.42. The van der Waals surface area contributed by atoms with E-state index in [1.165, 1.54) is 0 Å². The molecule has 112 valence electrons. The van der Waals surface area contributed by atoms with Crippen LogP contribution in [0.1, 0.15) is 24.8 Å². The average molecular weight is 279 g/mol. The Morgan fingerprint density at radius 1 is 1.35 bits per heavy atom.